The fraction of sp³-hybridized carbons (Fsp3) is 0.182. The Labute approximate surface area is 102 Å². The smallest absolute Gasteiger partial charge is 0.413 e. The van der Waals surface area contributed by atoms with E-state index in [1.807, 2.05) is 0 Å². The summed E-state index contributed by atoms with van der Waals surface area (Å²) in [6, 6.07) is 1.15. The van der Waals surface area contributed by atoms with E-state index in [4.69, 9.17) is 5.11 Å². The Balaban J connectivity index is 2.92. The van der Waals surface area contributed by atoms with Crippen LogP contribution in [0.1, 0.15) is 27.8 Å². The number of amides is 1. The molecular formula is C11H12N2O5. The summed E-state index contributed by atoms with van der Waals surface area (Å²) in [6.45, 7) is 4.63. The summed E-state index contributed by atoms with van der Waals surface area (Å²) in [5, 5.41) is 11.0. The Morgan fingerprint density at radius 1 is 1.56 bits per heavy atom. The molecule has 0 fully saturated rings. The molecule has 0 atom stereocenters. The minimum absolute atomic E-state index is 0.00559. The molecule has 3 N–H and O–H groups in total. The molecule has 0 aliphatic heterocycles. The minimum atomic E-state index is -1.23. The van der Waals surface area contributed by atoms with Crippen LogP contribution in [0.3, 0.4) is 0 Å². The number of ketones is 1. The summed E-state index contributed by atoms with van der Waals surface area (Å²) >= 11 is 0. The Morgan fingerprint density at radius 2 is 2.22 bits per heavy atom. The first-order valence-corrected chi connectivity index (χ1v) is 4.97. The number of hydrogen-bond donors (Lipinski definition) is 3. The van der Waals surface area contributed by atoms with E-state index in [9.17, 15) is 14.4 Å². The zero-order valence-corrected chi connectivity index (χ0v) is 9.65. The van der Waals surface area contributed by atoms with Gasteiger partial charge in [0.2, 0.25) is 0 Å². The van der Waals surface area contributed by atoms with Crippen LogP contribution in [0.25, 0.3) is 0 Å². The molecule has 0 saturated carbocycles. The first-order chi connectivity index (χ1) is 8.45. The monoisotopic (exact) mass is 252 g/mol. The van der Waals surface area contributed by atoms with Crippen molar-refractivity contribution < 1.29 is 24.2 Å². The van der Waals surface area contributed by atoms with Gasteiger partial charge in [-0.2, -0.15) is 0 Å². The lowest BCUT2D eigenvalue weighted by molar-refractivity contribution is 0.0691. The molecule has 0 radical (unpaired) electrons. The molecule has 96 valence electrons. The van der Waals surface area contributed by atoms with Crippen molar-refractivity contribution in [2.75, 3.05) is 11.9 Å². The first kappa shape index (κ1) is 13.5. The topological polar surface area (TPSA) is 108 Å². The maximum Gasteiger partial charge on any atom is 0.413 e. The highest BCUT2D eigenvalue weighted by Crippen LogP contribution is 2.17. The Bertz CT molecular complexity index is 504. The molecule has 7 nitrogen and oxygen atoms in total. The lowest BCUT2D eigenvalue weighted by Crippen LogP contribution is -2.15. The molecule has 7 heteroatoms. The second-order valence-corrected chi connectivity index (χ2v) is 3.35. The molecule has 0 aliphatic carbocycles. The van der Waals surface area contributed by atoms with Crippen LogP contribution in [0.5, 0.6) is 0 Å². The molecule has 1 aromatic rings. The van der Waals surface area contributed by atoms with Gasteiger partial charge in [-0.25, -0.2) is 9.59 Å². The molecular weight excluding hydrogens is 240 g/mol. The van der Waals surface area contributed by atoms with Gasteiger partial charge in [0.15, 0.2) is 5.78 Å². The molecule has 1 aromatic heterocycles. The summed E-state index contributed by atoms with van der Waals surface area (Å²) < 4.78 is 4.65. The largest absolute Gasteiger partial charge is 0.477 e. The number of anilines is 1. The number of aromatic carboxylic acids is 1. The SMILES string of the molecule is C=CCOC(=O)Nc1[nH]c(C(=O)O)cc1C(C)=O. The highest BCUT2D eigenvalue weighted by atomic mass is 16.5. The van der Waals surface area contributed by atoms with Crippen molar-refractivity contribution in [3.8, 4) is 0 Å². The Hall–Kier alpha value is -2.57. The van der Waals surface area contributed by atoms with E-state index in [0.29, 0.717) is 0 Å². The highest BCUT2D eigenvalue weighted by Gasteiger charge is 2.17. The number of rotatable bonds is 5. The van der Waals surface area contributed by atoms with Crippen LogP contribution in [-0.4, -0.2) is 34.5 Å². The predicted octanol–water partition coefficient (Wildman–Crippen LogP) is 1.65. The van der Waals surface area contributed by atoms with Crippen molar-refractivity contribution in [3.05, 3.63) is 30.0 Å². The number of aromatic amines is 1. The van der Waals surface area contributed by atoms with Gasteiger partial charge in [-0.05, 0) is 13.0 Å². The maximum absolute atomic E-state index is 11.3. The van der Waals surface area contributed by atoms with E-state index < -0.39 is 12.1 Å². The van der Waals surface area contributed by atoms with Gasteiger partial charge in [0.25, 0.3) is 0 Å². The molecule has 0 unspecified atom stereocenters. The average molecular weight is 252 g/mol. The first-order valence-electron chi connectivity index (χ1n) is 4.97. The molecule has 0 aromatic carbocycles. The van der Waals surface area contributed by atoms with Crippen molar-refractivity contribution >= 4 is 23.7 Å². The van der Waals surface area contributed by atoms with Gasteiger partial charge in [-0.1, -0.05) is 12.7 Å². The van der Waals surface area contributed by atoms with Gasteiger partial charge >= 0.3 is 12.1 Å². The second kappa shape index (κ2) is 5.67. The zero-order chi connectivity index (χ0) is 13.7. The molecule has 18 heavy (non-hydrogen) atoms. The molecule has 0 saturated heterocycles. The number of hydrogen-bond acceptors (Lipinski definition) is 4. The summed E-state index contributed by atoms with van der Waals surface area (Å²) in [5.41, 5.74) is -0.123. The third kappa shape index (κ3) is 3.21. The van der Waals surface area contributed by atoms with Crippen LogP contribution >= 0.6 is 0 Å². The molecule has 1 amide bonds. The van der Waals surface area contributed by atoms with Crippen LogP contribution in [0.15, 0.2) is 18.7 Å². The number of carbonyl (C=O) groups is 3. The number of carboxylic acids is 1. The quantitative estimate of drug-likeness (QED) is 0.545. The normalized spacial score (nSPS) is 9.61. The van der Waals surface area contributed by atoms with Gasteiger partial charge in [0.05, 0.1) is 5.56 Å². The minimum Gasteiger partial charge on any atom is -0.477 e. The fourth-order valence-corrected chi connectivity index (χ4v) is 1.22. The van der Waals surface area contributed by atoms with Crippen molar-refractivity contribution in [1.29, 1.82) is 0 Å². The van der Waals surface area contributed by atoms with E-state index in [2.05, 4.69) is 21.6 Å². The Kier molecular flexibility index (Phi) is 4.25. The van der Waals surface area contributed by atoms with Gasteiger partial charge in [0.1, 0.15) is 18.1 Å². The standard InChI is InChI=1S/C11H12N2O5/c1-3-4-18-11(17)13-9-7(6(2)14)5-8(12-9)10(15)16/h3,5,12H,1,4H2,2H3,(H,13,17)(H,15,16). The third-order valence-corrected chi connectivity index (χ3v) is 1.99. The number of H-pyrrole nitrogens is 1. The van der Waals surface area contributed by atoms with E-state index in [0.717, 1.165) is 6.07 Å². The summed E-state index contributed by atoms with van der Waals surface area (Å²) in [4.78, 5) is 35.7. The van der Waals surface area contributed by atoms with E-state index in [1.165, 1.54) is 13.0 Å². The van der Waals surface area contributed by atoms with Gasteiger partial charge < -0.3 is 14.8 Å². The number of carbonyl (C=O) groups excluding carboxylic acids is 2. The van der Waals surface area contributed by atoms with Crippen LogP contribution in [0, 0.1) is 0 Å². The molecule has 0 bridgehead atoms. The highest BCUT2D eigenvalue weighted by molar-refractivity contribution is 6.04. The third-order valence-electron chi connectivity index (χ3n) is 1.99. The van der Waals surface area contributed by atoms with Crippen molar-refractivity contribution in [1.82, 2.24) is 4.98 Å². The van der Waals surface area contributed by atoms with E-state index in [-0.39, 0.29) is 29.5 Å². The summed E-state index contributed by atoms with van der Waals surface area (Å²) in [6.07, 6.45) is 0.569. The van der Waals surface area contributed by atoms with Gasteiger partial charge in [-0.15, -0.1) is 0 Å². The molecule has 0 spiro atoms. The van der Waals surface area contributed by atoms with Crippen LogP contribution in [0.4, 0.5) is 10.6 Å². The number of aromatic nitrogens is 1. The van der Waals surface area contributed by atoms with Gasteiger partial charge in [-0.3, -0.25) is 10.1 Å². The zero-order valence-electron chi connectivity index (χ0n) is 9.65. The Morgan fingerprint density at radius 3 is 2.72 bits per heavy atom. The fourth-order valence-electron chi connectivity index (χ4n) is 1.22. The van der Waals surface area contributed by atoms with Crippen molar-refractivity contribution in [2.45, 2.75) is 6.92 Å². The van der Waals surface area contributed by atoms with Crippen LogP contribution < -0.4 is 5.32 Å². The second-order valence-electron chi connectivity index (χ2n) is 3.35. The van der Waals surface area contributed by atoms with Crippen LogP contribution in [0.2, 0.25) is 0 Å². The number of carboxylic acid groups (broad SMARTS) is 1. The average Bonchev–Trinajstić information content (AvgIpc) is 2.70. The van der Waals surface area contributed by atoms with Gasteiger partial charge in [0, 0.05) is 0 Å². The lowest BCUT2D eigenvalue weighted by atomic mass is 10.2. The lowest BCUT2D eigenvalue weighted by Gasteiger charge is -2.04. The van der Waals surface area contributed by atoms with Crippen molar-refractivity contribution in [3.63, 3.8) is 0 Å². The number of ether oxygens (including phenoxy) is 1. The number of Topliss-reactive ketones (excluding diaryl/α,β-unsaturated/α-hetero) is 1. The predicted molar refractivity (Wildman–Crippen MR) is 62.9 cm³/mol. The molecule has 0 aliphatic rings. The van der Waals surface area contributed by atoms with E-state index in [1.54, 1.807) is 0 Å². The maximum atomic E-state index is 11.3. The molecule has 1 heterocycles. The van der Waals surface area contributed by atoms with Crippen molar-refractivity contribution in [2.24, 2.45) is 0 Å². The summed E-state index contributed by atoms with van der Waals surface area (Å²) in [7, 11) is 0. The van der Waals surface area contributed by atoms with E-state index >= 15 is 0 Å². The molecule has 1 rings (SSSR count). The van der Waals surface area contributed by atoms with Crippen LogP contribution in [-0.2, 0) is 4.74 Å². The number of nitrogens with one attached hydrogen (secondary N) is 2. The summed E-state index contributed by atoms with van der Waals surface area (Å²) in [5.74, 6) is -1.61.